The number of carbonyl (C=O) groups excluding carboxylic acids is 1. The Morgan fingerprint density at radius 3 is 2.62 bits per heavy atom. The van der Waals surface area contributed by atoms with Gasteiger partial charge in [0.2, 0.25) is 5.91 Å². The van der Waals surface area contributed by atoms with Gasteiger partial charge in [-0.25, -0.2) is 0 Å². The van der Waals surface area contributed by atoms with Gasteiger partial charge < -0.3 is 14.8 Å². The summed E-state index contributed by atoms with van der Waals surface area (Å²) in [5.74, 6) is 1.65. The van der Waals surface area contributed by atoms with Crippen LogP contribution in [0.5, 0.6) is 11.5 Å². The summed E-state index contributed by atoms with van der Waals surface area (Å²) in [6.07, 6.45) is 0.534. The summed E-state index contributed by atoms with van der Waals surface area (Å²) < 4.78 is 11.0. The zero-order chi connectivity index (χ0) is 11.2. The normalized spacial score (nSPS) is 26.9. The number of hydrogen-bond donors (Lipinski definition) is 1. The average Bonchev–Trinajstić information content (AvgIpc) is 2.26. The Labute approximate surface area is 93.5 Å². The first-order chi connectivity index (χ1) is 7.67. The van der Waals surface area contributed by atoms with Gasteiger partial charge >= 0.3 is 0 Å². The zero-order valence-corrected chi connectivity index (χ0v) is 9.08. The van der Waals surface area contributed by atoms with Gasteiger partial charge in [-0.05, 0) is 24.6 Å². The molecule has 0 aromatic heterocycles. The van der Waals surface area contributed by atoms with Gasteiger partial charge in [0, 0.05) is 0 Å². The van der Waals surface area contributed by atoms with Gasteiger partial charge in [-0.15, -0.1) is 0 Å². The molecule has 84 valence electrons. The number of ether oxygens (including phenoxy) is 2. The smallest absolute Gasteiger partial charge is 0.223 e. The minimum atomic E-state index is -0.243. The van der Waals surface area contributed by atoms with Crippen molar-refractivity contribution >= 4 is 5.91 Å². The molecule has 1 aromatic rings. The first-order valence-corrected chi connectivity index (χ1v) is 5.38. The van der Waals surface area contributed by atoms with Crippen LogP contribution in [-0.2, 0) is 10.3 Å². The van der Waals surface area contributed by atoms with E-state index in [1.54, 1.807) is 0 Å². The molecule has 0 saturated carbocycles. The van der Waals surface area contributed by atoms with E-state index in [1.807, 2.05) is 25.1 Å². The Balaban J connectivity index is 1.94. The van der Waals surface area contributed by atoms with Crippen molar-refractivity contribution in [3.63, 3.8) is 0 Å². The number of fused-ring (bicyclic) bond motifs is 1. The van der Waals surface area contributed by atoms with Crippen LogP contribution in [-0.4, -0.2) is 19.1 Å². The third-order valence-electron chi connectivity index (χ3n) is 3.11. The van der Waals surface area contributed by atoms with Crippen molar-refractivity contribution < 1.29 is 14.3 Å². The van der Waals surface area contributed by atoms with E-state index in [-0.39, 0.29) is 11.4 Å². The molecule has 0 aliphatic carbocycles. The van der Waals surface area contributed by atoms with Gasteiger partial charge in [-0.1, -0.05) is 6.07 Å². The molecule has 1 N–H and O–H groups in total. The van der Waals surface area contributed by atoms with Crippen LogP contribution in [0, 0.1) is 0 Å². The van der Waals surface area contributed by atoms with E-state index in [2.05, 4.69) is 5.32 Å². The highest BCUT2D eigenvalue weighted by molar-refractivity contribution is 5.85. The van der Waals surface area contributed by atoms with Crippen molar-refractivity contribution in [3.05, 3.63) is 23.8 Å². The Morgan fingerprint density at radius 2 is 1.94 bits per heavy atom. The number of hydrogen-bond acceptors (Lipinski definition) is 3. The van der Waals surface area contributed by atoms with Crippen LogP contribution in [0.25, 0.3) is 0 Å². The summed E-state index contributed by atoms with van der Waals surface area (Å²) in [4.78, 5) is 11.0. The Bertz CT molecular complexity index is 448. The number of nitrogens with one attached hydrogen (secondary N) is 1. The highest BCUT2D eigenvalue weighted by Gasteiger charge is 2.40. The van der Waals surface area contributed by atoms with Gasteiger partial charge in [-0.3, -0.25) is 4.79 Å². The molecule has 4 nitrogen and oxygen atoms in total. The molecule has 1 fully saturated rings. The maximum Gasteiger partial charge on any atom is 0.223 e. The molecular weight excluding hydrogens is 206 g/mol. The number of carbonyl (C=O) groups is 1. The summed E-state index contributed by atoms with van der Waals surface area (Å²) in [6.45, 7) is 3.19. The Kier molecular flexibility index (Phi) is 1.87. The molecule has 4 heteroatoms. The minimum Gasteiger partial charge on any atom is -0.486 e. The molecule has 1 amide bonds. The summed E-state index contributed by atoms with van der Waals surface area (Å²) in [5.41, 5.74) is 0.823. The molecule has 2 aliphatic rings. The summed E-state index contributed by atoms with van der Waals surface area (Å²) in [6, 6.07) is 5.83. The zero-order valence-electron chi connectivity index (χ0n) is 9.08. The van der Waals surface area contributed by atoms with Crippen molar-refractivity contribution in [2.24, 2.45) is 0 Å². The second-order valence-corrected chi connectivity index (χ2v) is 4.42. The number of amides is 1. The van der Waals surface area contributed by atoms with Crippen molar-refractivity contribution in [1.82, 2.24) is 5.32 Å². The van der Waals surface area contributed by atoms with Gasteiger partial charge in [0.15, 0.2) is 11.5 Å². The molecule has 3 rings (SSSR count). The lowest BCUT2D eigenvalue weighted by molar-refractivity contribution is -0.132. The van der Waals surface area contributed by atoms with Gasteiger partial charge in [0.25, 0.3) is 0 Å². The molecule has 2 heterocycles. The largest absolute Gasteiger partial charge is 0.486 e. The number of rotatable bonds is 1. The van der Waals surface area contributed by atoms with Crippen molar-refractivity contribution in [2.45, 2.75) is 18.9 Å². The summed E-state index contributed by atoms with van der Waals surface area (Å²) >= 11 is 0. The average molecular weight is 219 g/mol. The van der Waals surface area contributed by atoms with E-state index in [0.29, 0.717) is 19.6 Å². The maximum absolute atomic E-state index is 11.0. The van der Waals surface area contributed by atoms with Gasteiger partial charge in [0.05, 0.1) is 12.0 Å². The molecule has 1 unspecified atom stereocenters. The standard InChI is InChI=1S/C12H13NO3/c1-12(7-11(14)13-12)8-2-3-9-10(6-8)16-5-4-15-9/h2-3,6H,4-5,7H2,1H3,(H,13,14). The van der Waals surface area contributed by atoms with Crippen LogP contribution in [0.3, 0.4) is 0 Å². The fourth-order valence-corrected chi connectivity index (χ4v) is 2.17. The van der Waals surface area contributed by atoms with E-state index in [9.17, 15) is 4.79 Å². The van der Waals surface area contributed by atoms with Gasteiger partial charge in [0.1, 0.15) is 13.2 Å². The van der Waals surface area contributed by atoms with E-state index >= 15 is 0 Å². The fraction of sp³-hybridized carbons (Fsp3) is 0.417. The number of β-lactam (4-membered cyclic amide) rings is 1. The third-order valence-corrected chi connectivity index (χ3v) is 3.11. The van der Waals surface area contributed by atoms with Crippen LogP contribution in [0.1, 0.15) is 18.9 Å². The molecular formula is C12H13NO3. The van der Waals surface area contributed by atoms with Crippen LogP contribution >= 0.6 is 0 Å². The van der Waals surface area contributed by atoms with Crippen LogP contribution < -0.4 is 14.8 Å². The molecule has 1 aromatic carbocycles. The monoisotopic (exact) mass is 219 g/mol. The predicted molar refractivity (Wildman–Crippen MR) is 57.5 cm³/mol. The molecule has 2 aliphatic heterocycles. The minimum absolute atomic E-state index is 0.0948. The summed E-state index contributed by atoms with van der Waals surface area (Å²) in [5, 5.41) is 2.91. The van der Waals surface area contributed by atoms with Crippen molar-refractivity contribution in [2.75, 3.05) is 13.2 Å². The SMILES string of the molecule is CC1(c2ccc3c(c2)OCCO3)CC(=O)N1. The molecule has 0 spiro atoms. The fourth-order valence-electron chi connectivity index (χ4n) is 2.17. The number of benzene rings is 1. The Hall–Kier alpha value is -1.71. The van der Waals surface area contributed by atoms with Crippen molar-refractivity contribution in [3.8, 4) is 11.5 Å². The van der Waals surface area contributed by atoms with Crippen molar-refractivity contribution in [1.29, 1.82) is 0 Å². The van der Waals surface area contributed by atoms with Gasteiger partial charge in [-0.2, -0.15) is 0 Å². The maximum atomic E-state index is 11.0. The first kappa shape index (κ1) is 9.51. The lowest BCUT2D eigenvalue weighted by Gasteiger charge is -2.39. The van der Waals surface area contributed by atoms with E-state index in [4.69, 9.17) is 9.47 Å². The first-order valence-electron chi connectivity index (χ1n) is 5.38. The third kappa shape index (κ3) is 1.33. The topological polar surface area (TPSA) is 47.6 Å². The Morgan fingerprint density at radius 1 is 1.25 bits per heavy atom. The van der Waals surface area contributed by atoms with Crippen LogP contribution in [0.15, 0.2) is 18.2 Å². The quantitative estimate of drug-likeness (QED) is 0.722. The molecule has 16 heavy (non-hydrogen) atoms. The highest BCUT2D eigenvalue weighted by Crippen LogP contribution is 2.38. The molecule has 1 atom stereocenters. The molecule has 1 saturated heterocycles. The van der Waals surface area contributed by atoms with Crippen LogP contribution in [0.2, 0.25) is 0 Å². The predicted octanol–water partition coefficient (Wildman–Crippen LogP) is 1.19. The van der Waals surface area contributed by atoms with Crippen LogP contribution in [0.4, 0.5) is 0 Å². The van der Waals surface area contributed by atoms with E-state index in [1.165, 1.54) is 0 Å². The lowest BCUT2D eigenvalue weighted by Crippen LogP contribution is -2.56. The highest BCUT2D eigenvalue weighted by atomic mass is 16.6. The summed E-state index contributed by atoms with van der Waals surface area (Å²) in [7, 11) is 0. The molecule has 0 bridgehead atoms. The molecule has 0 radical (unpaired) electrons. The lowest BCUT2D eigenvalue weighted by atomic mass is 9.82. The second kappa shape index (κ2) is 3.14. The second-order valence-electron chi connectivity index (χ2n) is 4.42. The van der Waals surface area contributed by atoms with E-state index in [0.717, 1.165) is 17.1 Å². The van der Waals surface area contributed by atoms with E-state index < -0.39 is 0 Å².